The topological polar surface area (TPSA) is 67.2 Å². The van der Waals surface area contributed by atoms with Crippen molar-refractivity contribution in [2.24, 2.45) is 5.92 Å². The molecular formula is C26H30N4O2. The molecule has 0 bridgehead atoms. The number of imidazole rings is 1. The van der Waals surface area contributed by atoms with Gasteiger partial charge in [0.25, 0.3) is 0 Å². The van der Waals surface area contributed by atoms with E-state index in [1.54, 1.807) is 11.1 Å². The quantitative estimate of drug-likeness (QED) is 0.638. The first-order valence-electron chi connectivity index (χ1n) is 11.1. The van der Waals surface area contributed by atoms with Crippen LogP contribution in [0.4, 0.5) is 5.69 Å². The van der Waals surface area contributed by atoms with Crippen molar-refractivity contribution in [1.82, 2.24) is 14.5 Å². The lowest BCUT2D eigenvalue weighted by Gasteiger charge is -2.36. The second-order valence-corrected chi connectivity index (χ2v) is 8.90. The zero-order valence-electron chi connectivity index (χ0n) is 18.9. The van der Waals surface area contributed by atoms with Crippen molar-refractivity contribution < 1.29 is 9.59 Å². The Labute approximate surface area is 189 Å². The predicted octanol–water partition coefficient (Wildman–Crippen LogP) is 4.18. The van der Waals surface area contributed by atoms with Gasteiger partial charge < -0.3 is 14.8 Å². The third kappa shape index (κ3) is 4.90. The average Bonchev–Trinajstić information content (AvgIpc) is 3.18. The molecule has 0 radical (unpaired) electrons. The third-order valence-corrected chi connectivity index (χ3v) is 5.95. The van der Waals surface area contributed by atoms with Crippen LogP contribution in [0.3, 0.4) is 0 Å². The first-order chi connectivity index (χ1) is 15.4. The van der Waals surface area contributed by atoms with E-state index in [-0.39, 0.29) is 17.7 Å². The highest BCUT2D eigenvalue weighted by Crippen LogP contribution is 2.26. The molecule has 1 aliphatic heterocycles. The SMILES string of the molecule is Cc1nccn1Cc1ccc(NC(=O)C2Cc3ccccc3CN2C(=O)CC(C)C)cc1. The minimum atomic E-state index is -0.510. The van der Waals surface area contributed by atoms with Gasteiger partial charge in [-0.05, 0) is 41.7 Å². The van der Waals surface area contributed by atoms with Crippen molar-refractivity contribution >= 4 is 17.5 Å². The lowest BCUT2D eigenvalue weighted by Crippen LogP contribution is -2.50. The van der Waals surface area contributed by atoms with Gasteiger partial charge in [-0.3, -0.25) is 9.59 Å². The molecule has 3 aromatic rings. The van der Waals surface area contributed by atoms with Gasteiger partial charge in [0.15, 0.2) is 0 Å². The van der Waals surface area contributed by atoms with Crippen molar-refractivity contribution in [3.8, 4) is 0 Å². The fourth-order valence-corrected chi connectivity index (χ4v) is 4.17. The Morgan fingerprint density at radius 1 is 1.09 bits per heavy atom. The van der Waals surface area contributed by atoms with Crippen molar-refractivity contribution in [3.05, 3.63) is 83.4 Å². The van der Waals surface area contributed by atoms with Crippen molar-refractivity contribution in [2.75, 3.05) is 5.32 Å². The Bertz CT molecular complexity index is 1100. The molecule has 2 aromatic carbocycles. The minimum absolute atomic E-state index is 0.0284. The highest BCUT2D eigenvalue weighted by molar-refractivity contribution is 5.97. The van der Waals surface area contributed by atoms with Crippen LogP contribution in [0.5, 0.6) is 0 Å². The van der Waals surface area contributed by atoms with Crippen LogP contribution in [0.15, 0.2) is 60.9 Å². The van der Waals surface area contributed by atoms with Crippen LogP contribution >= 0.6 is 0 Å². The molecule has 166 valence electrons. The monoisotopic (exact) mass is 430 g/mol. The second kappa shape index (κ2) is 9.39. The maximum Gasteiger partial charge on any atom is 0.247 e. The van der Waals surface area contributed by atoms with E-state index in [1.165, 1.54) is 0 Å². The number of anilines is 1. The van der Waals surface area contributed by atoms with Crippen LogP contribution in [-0.2, 0) is 29.1 Å². The number of hydrogen-bond donors (Lipinski definition) is 1. The number of aromatic nitrogens is 2. The molecule has 0 fully saturated rings. The fourth-order valence-electron chi connectivity index (χ4n) is 4.17. The van der Waals surface area contributed by atoms with Crippen LogP contribution in [0.25, 0.3) is 0 Å². The van der Waals surface area contributed by atoms with Crippen molar-refractivity contribution in [1.29, 1.82) is 0 Å². The largest absolute Gasteiger partial charge is 0.331 e. The smallest absolute Gasteiger partial charge is 0.247 e. The molecule has 1 aliphatic rings. The molecule has 0 spiro atoms. The van der Waals surface area contributed by atoms with E-state index in [0.29, 0.717) is 19.4 Å². The van der Waals surface area contributed by atoms with Gasteiger partial charge >= 0.3 is 0 Å². The summed E-state index contributed by atoms with van der Waals surface area (Å²) in [5.41, 5.74) is 4.11. The molecule has 0 saturated heterocycles. The number of rotatable bonds is 6. The number of amides is 2. The molecular weight excluding hydrogens is 400 g/mol. The summed E-state index contributed by atoms with van der Waals surface area (Å²) in [6.45, 7) is 7.23. The normalized spacial score (nSPS) is 15.5. The number of carbonyl (C=O) groups is 2. The van der Waals surface area contributed by atoms with Crippen LogP contribution in [0, 0.1) is 12.8 Å². The summed E-state index contributed by atoms with van der Waals surface area (Å²) >= 11 is 0. The van der Waals surface area contributed by atoms with Crippen molar-refractivity contribution in [3.63, 3.8) is 0 Å². The van der Waals surface area contributed by atoms with E-state index in [0.717, 1.165) is 34.7 Å². The molecule has 1 aromatic heterocycles. The maximum absolute atomic E-state index is 13.2. The molecule has 1 unspecified atom stereocenters. The number of nitrogens with zero attached hydrogens (tertiary/aromatic N) is 3. The van der Waals surface area contributed by atoms with Gasteiger partial charge in [0.2, 0.25) is 11.8 Å². The number of benzene rings is 2. The van der Waals surface area contributed by atoms with Crippen molar-refractivity contribution in [2.45, 2.75) is 52.7 Å². The summed E-state index contributed by atoms with van der Waals surface area (Å²) in [5, 5.41) is 3.03. The molecule has 32 heavy (non-hydrogen) atoms. The Balaban J connectivity index is 1.48. The van der Waals surface area contributed by atoms with E-state index in [4.69, 9.17) is 0 Å². The molecule has 2 heterocycles. The Kier molecular flexibility index (Phi) is 6.40. The molecule has 6 heteroatoms. The van der Waals surface area contributed by atoms with Crippen LogP contribution < -0.4 is 5.32 Å². The lowest BCUT2D eigenvalue weighted by molar-refractivity contribution is -0.140. The van der Waals surface area contributed by atoms with Gasteiger partial charge in [-0.15, -0.1) is 0 Å². The summed E-state index contributed by atoms with van der Waals surface area (Å²) in [5.74, 6) is 1.09. The van der Waals surface area contributed by atoms with E-state index in [2.05, 4.69) is 14.9 Å². The van der Waals surface area contributed by atoms with Crippen LogP contribution in [-0.4, -0.2) is 32.3 Å². The molecule has 1 N–H and O–H groups in total. The van der Waals surface area contributed by atoms with Crippen LogP contribution in [0.1, 0.15) is 42.8 Å². The Hall–Kier alpha value is -3.41. The zero-order valence-corrected chi connectivity index (χ0v) is 18.9. The number of carbonyl (C=O) groups excluding carboxylic acids is 2. The first-order valence-corrected chi connectivity index (χ1v) is 11.1. The van der Waals surface area contributed by atoms with Gasteiger partial charge in [-0.1, -0.05) is 50.2 Å². The van der Waals surface area contributed by atoms with E-state index < -0.39 is 6.04 Å². The molecule has 2 amide bonds. The number of nitrogens with one attached hydrogen (secondary N) is 1. The lowest BCUT2D eigenvalue weighted by atomic mass is 9.92. The predicted molar refractivity (Wildman–Crippen MR) is 125 cm³/mol. The van der Waals surface area contributed by atoms with Gasteiger partial charge in [0.05, 0.1) is 0 Å². The van der Waals surface area contributed by atoms with Gasteiger partial charge in [0, 0.05) is 44.0 Å². The van der Waals surface area contributed by atoms with Crippen LogP contribution in [0.2, 0.25) is 0 Å². The first kappa shape index (κ1) is 21.8. The van der Waals surface area contributed by atoms with Gasteiger partial charge in [0.1, 0.15) is 11.9 Å². The van der Waals surface area contributed by atoms with E-state index in [9.17, 15) is 9.59 Å². The molecule has 1 atom stereocenters. The average molecular weight is 431 g/mol. The highest BCUT2D eigenvalue weighted by atomic mass is 16.2. The molecule has 0 aliphatic carbocycles. The second-order valence-electron chi connectivity index (χ2n) is 8.90. The van der Waals surface area contributed by atoms with E-state index >= 15 is 0 Å². The maximum atomic E-state index is 13.2. The highest BCUT2D eigenvalue weighted by Gasteiger charge is 2.34. The zero-order chi connectivity index (χ0) is 22.7. The van der Waals surface area contributed by atoms with E-state index in [1.807, 2.05) is 75.5 Å². The summed E-state index contributed by atoms with van der Waals surface area (Å²) < 4.78 is 2.07. The Morgan fingerprint density at radius 3 is 2.47 bits per heavy atom. The standard InChI is InChI=1S/C26H30N4O2/c1-18(2)14-25(31)30-17-22-7-5-4-6-21(22)15-24(30)26(32)28-23-10-8-20(9-11-23)16-29-13-12-27-19(29)3/h4-13,18,24H,14-17H2,1-3H3,(H,28,32). The summed E-state index contributed by atoms with van der Waals surface area (Å²) in [7, 11) is 0. The minimum Gasteiger partial charge on any atom is -0.331 e. The molecule has 6 nitrogen and oxygen atoms in total. The number of fused-ring (bicyclic) bond motifs is 1. The summed E-state index contributed by atoms with van der Waals surface area (Å²) in [4.78, 5) is 32.2. The molecule has 4 rings (SSSR count). The molecule has 0 saturated carbocycles. The Morgan fingerprint density at radius 2 is 1.81 bits per heavy atom. The fraction of sp³-hybridized carbons (Fsp3) is 0.346. The number of hydrogen-bond acceptors (Lipinski definition) is 3. The summed E-state index contributed by atoms with van der Waals surface area (Å²) in [6, 6.07) is 15.4. The third-order valence-electron chi connectivity index (χ3n) is 5.95. The van der Waals surface area contributed by atoms with Gasteiger partial charge in [-0.25, -0.2) is 4.98 Å². The summed E-state index contributed by atoms with van der Waals surface area (Å²) in [6.07, 6.45) is 4.71. The number of aryl methyl sites for hydroxylation is 1. The van der Waals surface area contributed by atoms with Gasteiger partial charge in [-0.2, -0.15) is 0 Å².